The smallest absolute Gasteiger partial charge is 0.0564 e. The first-order valence-electron chi connectivity index (χ1n) is 5.20. The summed E-state index contributed by atoms with van der Waals surface area (Å²) in [5, 5.41) is 0. The molecule has 0 fully saturated rings. The minimum absolute atomic E-state index is 0.341. The second-order valence-corrected chi connectivity index (χ2v) is 3.73. The normalized spacial score (nSPS) is 15.1. The molecule has 0 heterocycles. The maximum absolute atomic E-state index is 5.41. The average Bonchev–Trinajstić information content (AvgIpc) is 2.04. The third-order valence-corrected chi connectivity index (χ3v) is 2.18. The molecule has 2 nitrogen and oxygen atoms in total. The van der Waals surface area contributed by atoms with Crippen LogP contribution in [0.15, 0.2) is 4.99 Å². The van der Waals surface area contributed by atoms with Gasteiger partial charge in [-0.15, -0.1) is 0 Å². The van der Waals surface area contributed by atoms with Crippen LogP contribution < -0.4 is 0 Å². The van der Waals surface area contributed by atoms with E-state index in [1.54, 1.807) is 0 Å². The molecule has 0 aliphatic carbocycles. The van der Waals surface area contributed by atoms with Crippen LogP contribution in [0.25, 0.3) is 0 Å². The van der Waals surface area contributed by atoms with Crippen molar-refractivity contribution in [3.63, 3.8) is 0 Å². The monoisotopic (exact) mass is 185 g/mol. The molecule has 0 aliphatic rings. The second-order valence-electron chi connectivity index (χ2n) is 3.73. The summed E-state index contributed by atoms with van der Waals surface area (Å²) in [6.07, 6.45) is 1.37. The molecule has 0 N–H and O–H groups in total. The number of rotatable bonds is 6. The average molecular weight is 185 g/mol. The van der Waals surface area contributed by atoms with Gasteiger partial charge in [-0.3, -0.25) is 4.99 Å². The first-order valence-corrected chi connectivity index (χ1v) is 5.20. The molecule has 0 bridgehead atoms. The van der Waals surface area contributed by atoms with Crippen molar-refractivity contribution in [1.82, 2.24) is 0 Å². The molecule has 13 heavy (non-hydrogen) atoms. The Kier molecular flexibility index (Phi) is 6.87. The number of nitrogens with zero attached hydrogens (tertiary/aromatic N) is 1. The van der Waals surface area contributed by atoms with E-state index in [2.05, 4.69) is 32.7 Å². The first-order chi connectivity index (χ1) is 6.07. The van der Waals surface area contributed by atoms with Gasteiger partial charge in [-0.2, -0.15) is 0 Å². The lowest BCUT2D eigenvalue weighted by atomic mass is 10.1. The van der Waals surface area contributed by atoms with Gasteiger partial charge in [-0.25, -0.2) is 0 Å². The Morgan fingerprint density at radius 3 is 2.38 bits per heavy atom. The second kappa shape index (κ2) is 7.07. The van der Waals surface area contributed by atoms with E-state index < -0.39 is 0 Å². The summed E-state index contributed by atoms with van der Waals surface area (Å²) in [5.74, 6) is 0.572. The number of hydrogen-bond acceptors (Lipinski definition) is 2. The summed E-state index contributed by atoms with van der Waals surface area (Å²) in [6.45, 7) is 12.3. The molecule has 0 aliphatic heterocycles. The Hall–Kier alpha value is -0.370. The fourth-order valence-corrected chi connectivity index (χ4v) is 0.973. The maximum atomic E-state index is 5.41. The Morgan fingerprint density at radius 1 is 1.31 bits per heavy atom. The molecule has 0 amide bonds. The summed E-state index contributed by atoms with van der Waals surface area (Å²) < 4.78 is 5.41. The largest absolute Gasteiger partial charge is 0.379 e. The molecule has 1 unspecified atom stereocenters. The van der Waals surface area contributed by atoms with Crippen molar-refractivity contribution in [3.8, 4) is 0 Å². The van der Waals surface area contributed by atoms with Crippen molar-refractivity contribution in [2.75, 3.05) is 13.2 Å². The predicted octanol–water partition coefficient (Wildman–Crippen LogP) is 2.92. The van der Waals surface area contributed by atoms with Crippen molar-refractivity contribution in [1.29, 1.82) is 0 Å². The fraction of sp³-hybridized carbons (Fsp3) is 0.909. The van der Waals surface area contributed by atoms with E-state index in [-0.39, 0.29) is 0 Å². The van der Waals surface area contributed by atoms with Gasteiger partial charge in [0.1, 0.15) is 0 Å². The fourth-order valence-electron chi connectivity index (χ4n) is 0.973. The lowest BCUT2D eigenvalue weighted by Gasteiger charge is -2.10. The van der Waals surface area contributed by atoms with Gasteiger partial charge in [-0.1, -0.05) is 13.8 Å². The van der Waals surface area contributed by atoms with E-state index in [9.17, 15) is 0 Å². The van der Waals surface area contributed by atoms with Crippen LogP contribution in [0.5, 0.6) is 0 Å². The van der Waals surface area contributed by atoms with Gasteiger partial charge in [0, 0.05) is 18.9 Å². The molecule has 0 spiro atoms. The van der Waals surface area contributed by atoms with Crippen molar-refractivity contribution in [3.05, 3.63) is 0 Å². The van der Waals surface area contributed by atoms with Crippen molar-refractivity contribution in [2.45, 2.75) is 47.1 Å². The zero-order valence-corrected chi connectivity index (χ0v) is 9.63. The van der Waals surface area contributed by atoms with Crippen LogP contribution in [-0.4, -0.2) is 25.0 Å². The summed E-state index contributed by atoms with van der Waals surface area (Å²) in [4.78, 5) is 4.48. The third-order valence-electron chi connectivity index (χ3n) is 2.18. The summed E-state index contributed by atoms with van der Waals surface area (Å²) in [6, 6.07) is 0. The van der Waals surface area contributed by atoms with Gasteiger partial charge in [0.25, 0.3) is 0 Å². The zero-order chi connectivity index (χ0) is 10.3. The minimum Gasteiger partial charge on any atom is -0.379 e. The highest BCUT2D eigenvalue weighted by Gasteiger charge is 2.00. The Labute approximate surface area is 82.4 Å². The zero-order valence-electron chi connectivity index (χ0n) is 9.63. The predicted molar refractivity (Wildman–Crippen MR) is 58.5 cm³/mol. The summed E-state index contributed by atoms with van der Waals surface area (Å²) >= 11 is 0. The molecule has 0 rings (SSSR count). The standard InChI is InChI=1S/C11H23NO/c1-6-13-10(4)7-8-12-11(5)9(2)3/h9-10H,6-8H2,1-5H3/b12-11+. The molecule has 0 aromatic heterocycles. The van der Waals surface area contributed by atoms with Gasteiger partial charge in [-0.05, 0) is 33.1 Å². The Bertz CT molecular complexity index is 152. The van der Waals surface area contributed by atoms with Gasteiger partial charge in [0.2, 0.25) is 0 Å². The minimum atomic E-state index is 0.341. The molecule has 1 atom stereocenters. The Morgan fingerprint density at radius 2 is 1.92 bits per heavy atom. The number of hydrogen-bond donors (Lipinski definition) is 0. The molecule has 2 heteroatoms. The first kappa shape index (κ1) is 12.6. The molecule has 0 aromatic rings. The highest BCUT2D eigenvalue weighted by molar-refractivity contribution is 5.83. The molecule has 78 valence electrons. The van der Waals surface area contributed by atoms with Crippen molar-refractivity contribution >= 4 is 5.71 Å². The van der Waals surface area contributed by atoms with Crippen LogP contribution >= 0.6 is 0 Å². The summed E-state index contributed by atoms with van der Waals surface area (Å²) in [5.41, 5.74) is 1.24. The van der Waals surface area contributed by atoms with E-state index in [1.807, 2.05) is 6.92 Å². The van der Waals surface area contributed by atoms with Crippen LogP contribution in [0.4, 0.5) is 0 Å². The molecule has 0 aromatic carbocycles. The molecular weight excluding hydrogens is 162 g/mol. The van der Waals surface area contributed by atoms with Crippen LogP contribution in [0, 0.1) is 5.92 Å². The SMILES string of the molecule is CCOC(C)CC/N=C(\C)C(C)C. The topological polar surface area (TPSA) is 21.6 Å². The van der Waals surface area contributed by atoms with Gasteiger partial charge in [0.05, 0.1) is 6.10 Å². The van der Waals surface area contributed by atoms with E-state index in [1.165, 1.54) is 5.71 Å². The van der Waals surface area contributed by atoms with Crippen LogP contribution in [0.2, 0.25) is 0 Å². The number of ether oxygens (including phenoxy) is 1. The van der Waals surface area contributed by atoms with E-state index in [0.29, 0.717) is 12.0 Å². The lowest BCUT2D eigenvalue weighted by Crippen LogP contribution is -2.10. The molecule has 0 saturated heterocycles. The molecule has 0 saturated carbocycles. The van der Waals surface area contributed by atoms with Gasteiger partial charge < -0.3 is 4.74 Å². The lowest BCUT2D eigenvalue weighted by molar-refractivity contribution is 0.0722. The van der Waals surface area contributed by atoms with Crippen LogP contribution in [0.3, 0.4) is 0 Å². The molecule has 0 radical (unpaired) electrons. The van der Waals surface area contributed by atoms with E-state index in [4.69, 9.17) is 4.74 Å². The van der Waals surface area contributed by atoms with E-state index in [0.717, 1.165) is 19.6 Å². The highest BCUT2D eigenvalue weighted by Crippen LogP contribution is 2.00. The van der Waals surface area contributed by atoms with Crippen molar-refractivity contribution in [2.24, 2.45) is 10.9 Å². The maximum Gasteiger partial charge on any atom is 0.0564 e. The highest BCUT2D eigenvalue weighted by atomic mass is 16.5. The number of aliphatic imine (C=N–C) groups is 1. The van der Waals surface area contributed by atoms with Crippen LogP contribution in [-0.2, 0) is 4.74 Å². The molecular formula is C11H23NO. The van der Waals surface area contributed by atoms with Crippen molar-refractivity contribution < 1.29 is 4.74 Å². The Balaban J connectivity index is 3.59. The third kappa shape index (κ3) is 6.76. The van der Waals surface area contributed by atoms with Gasteiger partial charge in [0.15, 0.2) is 0 Å². The van der Waals surface area contributed by atoms with E-state index >= 15 is 0 Å². The van der Waals surface area contributed by atoms with Gasteiger partial charge >= 0.3 is 0 Å². The van der Waals surface area contributed by atoms with Crippen LogP contribution in [0.1, 0.15) is 41.0 Å². The quantitative estimate of drug-likeness (QED) is 0.583. The summed E-state index contributed by atoms with van der Waals surface area (Å²) in [7, 11) is 0.